The van der Waals surface area contributed by atoms with E-state index in [0.717, 1.165) is 66.7 Å². The number of thiophene rings is 1. The van der Waals surface area contributed by atoms with Crippen LogP contribution in [0.5, 0.6) is 5.75 Å². The lowest BCUT2D eigenvalue weighted by Crippen LogP contribution is -2.30. The van der Waals surface area contributed by atoms with E-state index >= 15 is 0 Å². The van der Waals surface area contributed by atoms with Crippen molar-refractivity contribution in [3.63, 3.8) is 0 Å². The molecule has 8 heteroatoms. The third kappa shape index (κ3) is 3.46. The number of phenolic OH excluding ortho intramolecular Hbond substituents is 1. The number of rotatable bonds is 3. The van der Waals surface area contributed by atoms with E-state index in [1.807, 2.05) is 0 Å². The average molecular weight is 433 g/mol. The molecule has 2 aliphatic rings. The Balaban J connectivity index is 1.61. The highest BCUT2D eigenvalue weighted by Crippen LogP contribution is 2.50. The molecular formula is C22H22F3N3OS. The summed E-state index contributed by atoms with van der Waals surface area (Å²) in [7, 11) is 2.13. The number of benzene rings is 1. The van der Waals surface area contributed by atoms with Gasteiger partial charge >= 0.3 is 6.18 Å². The molecule has 2 aromatic heterocycles. The molecule has 0 amide bonds. The fraction of sp³-hybridized carbons (Fsp3) is 0.455. The van der Waals surface area contributed by atoms with Crippen LogP contribution < -0.4 is 0 Å². The number of nitrogens with zero attached hydrogens (tertiary/aromatic N) is 3. The number of likely N-dealkylation sites (tertiary alicyclic amines) is 1. The smallest absolute Gasteiger partial charge is 0.416 e. The van der Waals surface area contributed by atoms with E-state index in [1.165, 1.54) is 11.6 Å². The van der Waals surface area contributed by atoms with Crippen LogP contribution in [0.15, 0.2) is 23.6 Å². The first-order valence-corrected chi connectivity index (χ1v) is 11.1. The molecule has 30 heavy (non-hydrogen) atoms. The topological polar surface area (TPSA) is 49.2 Å². The van der Waals surface area contributed by atoms with Crippen molar-refractivity contribution in [3.05, 3.63) is 40.3 Å². The number of phenols is 1. The minimum Gasteiger partial charge on any atom is -0.507 e. The Hall–Kier alpha value is -2.19. The van der Waals surface area contributed by atoms with Crippen molar-refractivity contribution in [1.82, 2.24) is 15.1 Å². The van der Waals surface area contributed by atoms with Gasteiger partial charge in [0.2, 0.25) is 0 Å². The summed E-state index contributed by atoms with van der Waals surface area (Å²) in [5.41, 5.74) is 3.11. The van der Waals surface area contributed by atoms with E-state index in [9.17, 15) is 18.3 Å². The van der Waals surface area contributed by atoms with Crippen LogP contribution in [0.25, 0.3) is 21.5 Å². The van der Waals surface area contributed by atoms with Gasteiger partial charge in [0, 0.05) is 17.7 Å². The molecule has 0 bridgehead atoms. The molecule has 0 spiro atoms. The standard InChI is InChI=1S/C22H22F3N3OS/c1-28-8-2-3-13(10-28)16-11-30-21-18(12-4-5-12)19(26-27-20(16)21)15-7-6-14(9-17(15)29)22(23,24)25/h6-7,9,11-13,29H,2-5,8,10H2,1H3. The molecule has 1 aliphatic carbocycles. The van der Waals surface area contributed by atoms with Crippen molar-refractivity contribution < 1.29 is 18.3 Å². The number of hydrogen-bond acceptors (Lipinski definition) is 5. The Morgan fingerprint density at radius 1 is 1.13 bits per heavy atom. The molecule has 1 aliphatic heterocycles. The lowest BCUT2D eigenvalue weighted by atomic mass is 9.91. The van der Waals surface area contributed by atoms with Gasteiger partial charge in [-0.2, -0.15) is 13.2 Å². The van der Waals surface area contributed by atoms with Gasteiger partial charge in [-0.1, -0.05) is 0 Å². The number of hydrogen-bond donors (Lipinski definition) is 1. The maximum Gasteiger partial charge on any atom is 0.416 e. The molecule has 1 atom stereocenters. The summed E-state index contributed by atoms with van der Waals surface area (Å²) in [6.07, 6.45) is -0.180. The Labute approximate surface area is 176 Å². The van der Waals surface area contributed by atoms with Crippen LogP contribution in [0.3, 0.4) is 0 Å². The Bertz CT molecular complexity index is 1110. The molecular weight excluding hydrogens is 411 g/mol. The fourth-order valence-electron chi connectivity index (χ4n) is 4.49. The van der Waals surface area contributed by atoms with Gasteiger partial charge in [0.15, 0.2) is 0 Å². The van der Waals surface area contributed by atoms with Gasteiger partial charge in [0.25, 0.3) is 0 Å². The molecule has 4 nitrogen and oxygen atoms in total. The molecule has 3 aromatic rings. The van der Waals surface area contributed by atoms with E-state index in [1.54, 1.807) is 11.3 Å². The number of fused-ring (bicyclic) bond motifs is 1. The van der Waals surface area contributed by atoms with E-state index in [4.69, 9.17) is 0 Å². The molecule has 2 fully saturated rings. The molecule has 3 heterocycles. The lowest BCUT2D eigenvalue weighted by molar-refractivity contribution is -0.137. The number of aromatic nitrogens is 2. The zero-order chi connectivity index (χ0) is 21.0. The normalized spacial score (nSPS) is 20.7. The first kappa shape index (κ1) is 19.8. The van der Waals surface area contributed by atoms with Gasteiger partial charge in [0.05, 0.1) is 10.3 Å². The number of alkyl halides is 3. The van der Waals surface area contributed by atoms with E-state index in [0.29, 0.717) is 23.1 Å². The lowest BCUT2D eigenvalue weighted by Gasteiger charge is -2.29. The quantitative estimate of drug-likeness (QED) is 0.570. The minimum absolute atomic E-state index is 0.312. The van der Waals surface area contributed by atoms with Crippen LogP contribution in [-0.2, 0) is 6.18 Å². The van der Waals surface area contributed by atoms with Crippen LogP contribution in [-0.4, -0.2) is 40.3 Å². The highest BCUT2D eigenvalue weighted by molar-refractivity contribution is 7.17. The van der Waals surface area contributed by atoms with Crippen molar-refractivity contribution in [2.24, 2.45) is 0 Å². The van der Waals surface area contributed by atoms with E-state index < -0.39 is 17.5 Å². The molecule has 1 unspecified atom stereocenters. The highest BCUT2D eigenvalue weighted by atomic mass is 32.1. The summed E-state index contributed by atoms with van der Waals surface area (Å²) in [6, 6.07) is 3.08. The van der Waals surface area contributed by atoms with Crippen LogP contribution in [0, 0.1) is 0 Å². The fourth-order valence-corrected chi connectivity index (χ4v) is 5.70. The number of aromatic hydroxyl groups is 1. The van der Waals surface area contributed by atoms with Gasteiger partial charge in [-0.3, -0.25) is 0 Å². The summed E-state index contributed by atoms with van der Waals surface area (Å²) in [5.74, 6) is 0.329. The van der Waals surface area contributed by atoms with Crippen LogP contribution in [0.1, 0.15) is 54.2 Å². The molecule has 1 aromatic carbocycles. The first-order chi connectivity index (χ1) is 14.3. The Kier molecular flexibility index (Phi) is 4.74. The van der Waals surface area contributed by atoms with Crippen molar-refractivity contribution in [2.45, 2.75) is 43.7 Å². The summed E-state index contributed by atoms with van der Waals surface area (Å²) in [6.45, 7) is 2.10. The van der Waals surface area contributed by atoms with Gasteiger partial charge in [-0.05, 0) is 80.3 Å². The van der Waals surface area contributed by atoms with Gasteiger partial charge in [-0.25, -0.2) is 0 Å². The van der Waals surface area contributed by atoms with Crippen LogP contribution >= 0.6 is 11.3 Å². The monoisotopic (exact) mass is 433 g/mol. The van der Waals surface area contributed by atoms with Crippen molar-refractivity contribution in [1.29, 1.82) is 0 Å². The third-order valence-electron chi connectivity index (χ3n) is 6.17. The molecule has 1 saturated carbocycles. The predicted molar refractivity (Wildman–Crippen MR) is 111 cm³/mol. The summed E-state index contributed by atoms with van der Waals surface area (Å²) in [4.78, 5) is 2.33. The third-order valence-corrected chi connectivity index (χ3v) is 7.19. The maximum atomic E-state index is 13.0. The molecule has 1 saturated heterocycles. The Morgan fingerprint density at radius 2 is 1.93 bits per heavy atom. The largest absolute Gasteiger partial charge is 0.507 e. The van der Waals surface area contributed by atoms with Crippen LogP contribution in [0.2, 0.25) is 0 Å². The number of piperidine rings is 1. The first-order valence-electron chi connectivity index (χ1n) is 10.2. The van der Waals surface area contributed by atoms with Gasteiger partial charge < -0.3 is 10.0 Å². The maximum absolute atomic E-state index is 13.0. The number of likely N-dealkylation sites (N-methyl/N-ethyl adjacent to an activating group) is 1. The van der Waals surface area contributed by atoms with Gasteiger partial charge in [0.1, 0.15) is 17.0 Å². The second-order valence-corrected chi connectivity index (χ2v) is 9.32. The summed E-state index contributed by atoms with van der Waals surface area (Å²) < 4.78 is 40.0. The second kappa shape index (κ2) is 7.20. The van der Waals surface area contributed by atoms with Crippen molar-refractivity contribution in [3.8, 4) is 17.0 Å². The van der Waals surface area contributed by atoms with Crippen molar-refractivity contribution >= 4 is 21.6 Å². The van der Waals surface area contributed by atoms with Crippen molar-refractivity contribution in [2.75, 3.05) is 20.1 Å². The highest BCUT2D eigenvalue weighted by Gasteiger charge is 2.35. The predicted octanol–water partition coefficient (Wildman–Crippen LogP) is 5.77. The molecule has 5 rings (SSSR count). The number of halogens is 3. The zero-order valence-corrected chi connectivity index (χ0v) is 17.4. The van der Waals surface area contributed by atoms with Gasteiger partial charge in [-0.15, -0.1) is 21.5 Å². The zero-order valence-electron chi connectivity index (χ0n) is 16.5. The van der Waals surface area contributed by atoms with Crippen LogP contribution in [0.4, 0.5) is 13.2 Å². The Morgan fingerprint density at radius 3 is 2.60 bits per heavy atom. The second-order valence-electron chi connectivity index (χ2n) is 8.44. The minimum atomic E-state index is -4.50. The molecule has 158 valence electrons. The molecule has 1 N–H and O–H groups in total. The van der Waals surface area contributed by atoms with E-state index in [-0.39, 0.29) is 0 Å². The summed E-state index contributed by atoms with van der Waals surface area (Å²) >= 11 is 1.64. The molecule has 0 radical (unpaired) electrons. The van der Waals surface area contributed by atoms with E-state index in [2.05, 4.69) is 27.5 Å². The SMILES string of the molecule is CN1CCCC(c2csc3c(C4CC4)c(-c4ccc(C(F)(F)F)cc4O)nnc23)C1. The summed E-state index contributed by atoms with van der Waals surface area (Å²) in [5, 5.41) is 21.5. The average Bonchev–Trinajstić information content (AvgIpc) is 3.44.